The molecule has 0 saturated heterocycles. The van der Waals surface area contributed by atoms with Crippen molar-refractivity contribution < 1.29 is 19.4 Å². The number of benzene rings is 1. The number of aliphatic hydroxyl groups excluding tert-OH is 1. The van der Waals surface area contributed by atoms with E-state index in [2.05, 4.69) is 0 Å². The Morgan fingerprint density at radius 3 is 2.53 bits per heavy atom. The molecule has 0 fully saturated rings. The molecule has 0 aromatic heterocycles. The summed E-state index contributed by atoms with van der Waals surface area (Å²) >= 11 is 0. The van der Waals surface area contributed by atoms with Crippen molar-refractivity contribution in [1.82, 2.24) is 4.90 Å². The van der Waals surface area contributed by atoms with Crippen LogP contribution in [0.5, 0.6) is 0 Å². The number of aliphatic carboxylic acids is 1. The van der Waals surface area contributed by atoms with Crippen LogP contribution >= 0.6 is 0 Å². The fourth-order valence-electron chi connectivity index (χ4n) is 1.46. The van der Waals surface area contributed by atoms with Crippen LogP contribution in [0.3, 0.4) is 0 Å². The Morgan fingerprint density at radius 2 is 2.00 bits per heavy atom. The normalized spacial score (nSPS) is 12.7. The fourth-order valence-corrected chi connectivity index (χ4v) is 1.46. The molecule has 0 spiro atoms. The van der Waals surface area contributed by atoms with E-state index in [1.807, 2.05) is 0 Å². The fraction of sp³-hybridized carbons (Fsp3) is 0.417. The van der Waals surface area contributed by atoms with Gasteiger partial charge in [-0.3, -0.25) is 4.79 Å². The number of nitrogens with zero attached hydrogens (tertiary/aromatic N) is 1. The smallest absolute Gasteiger partial charge is 0.304 e. The van der Waals surface area contributed by atoms with Crippen LogP contribution in [0, 0.1) is 5.82 Å². The molecule has 17 heavy (non-hydrogen) atoms. The van der Waals surface area contributed by atoms with Crippen LogP contribution in [0.15, 0.2) is 24.3 Å². The molecule has 1 unspecified atom stereocenters. The van der Waals surface area contributed by atoms with Crippen LogP contribution < -0.4 is 0 Å². The Labute approximate surface area is 99.3 Å². The zero-order chi connectivity index (χ0) is 12.8. The van der Waals surface area contributed by atoms with Crippen LogP contribution in [0.25, 0.3) is 0 Å². The average molecular weight is 241 g/mol. The minimum atomic E-state index is -0.867. The Hall–Kier alpha value is -1.46. The van der Waals surface area contributed by atoms with E-state index in [0.29, 0.717) is 18.7 Å². The number of carboxylic acids is 1. The maximum atomic E-state index is 12.7. The van der Waals surface area contributed by atoms with Crippen molar-refractivity contribution in [2.75, 3.05) is 20.1 Å². The molecule has 1 atom stereocenters. The molecule has 4 nitrogen and oxygen atoms in total. The molecule has 94 valence electrons. The minimum absolute atomic E-state index is 0.0344. The van der Waals surface area contributed by atoms with Gasteiger partial charge >= 0.3 is 5.97 Å². The van der Waals surface area contributed by atoms with Crippen molar-refractivity contribution in [2.45, 2.75) is 12.5 Å². The summed E-state index contributed by atoms with van der Waals surface area (Å²) in [6.07, 6.45) is -0.707. The van der Waals surface area contributed by atoms with Gasteiger partial charge in [0, 0.05) is 13.1 Å². The molecule has 1 aromatic carbocycles. The van der Waals surface area contributed by atoms with E-state index in [4.69, 9.17) is 5.11 Å². The second-order valence-corrected chi connectivity index (χ2v) is 3.97. The van der Waals surface area contributed by atoms with Gasteiger partial charge in [0.25, 0.3) is 0 Å². The molecule has 0 radical (unpaired) electrons. The number of likely N-dealkylation sites (N-methyl/N-ethyl adjacent to an activating group) is 1. The highest BCUT2D eigenvalue weighted by Gasteiger charge is 2.11. The van der Waals surface area contributed by atoms with Gasteiger partial charge in [-0.2, -0.15) is 0 Å². The molecule has 0 aliphatic carbocycles. The maximum absolute atomic E-state index is 12.7. The van der Waals surface area contributed by atoms with Gasteiger partial charge in [0.1, 0.15) is 5.82 Å². The molecule has 0 heterocycles. The lowest BCUT2D eigenvalue weighted by Crippen LogP contribution is -2.27. The number of hydrogen-bond donors (Lipinski definition) is 2. The Morgan fingerprint density at radius 1 is 1.41 bits per heavy atom. The van der Waals surface area contributed by atoms with Gasteiger partial charge in [0.15, 0.2) is 0 Å². The van der Waals surface area contributed by atoms with E-state index in [9.17, 15) is 14.3 Å². The molecule has 0 saturated carbocycles. The van der Waals surface area contributed by atoms with Crippen molar-refractivity contribution in [2.24, 2.45) is 0 Å². The molecule has 0 aliphatic heterocycles. The maximum Gasteiger partial charge on any atom is 0.304 e. The third-order valence-corrected chi connectivity index (χ3v) is 2.45. The molecule has 0 aliphatic rings. The summed E-state index contributed by atoms with van der Waals surface area (Å²) in [6.45, 7) is 0.687. The lowest BCUT2D eigenvalue weighted by atomic mass is 10.1. The summed E-state index contributed by atoms with van der Waals surface area (Å²) < 4.78 is 12.7. The topological polar surface area (TPSA) is 60.8 Å². The first-order valence-electron chi connectivity index (χ1n) is 5.33. The summed E-state index contributed by atoms with van der Waals surface area (Å²) in [5.41, 5.74) is 0.619. The SMILES string of the molecule is CN(CCC(=O)O)CC(O)c1ccc(F)cc1. The standard InChI is InChI=1S/C12H16FNO3/c1-14(7-6-12(16)17)8-11(15)9-2-4-10(13)5-3-9/h2-5,11,15H,6-8H2,1H3,(H,16,17). The Bertz CT molecular complexity index is 367. The summed E-state index contributed by atoms with van der Waals surface area (Å²) in [5.74, 6) is -1.21. The van der Waals surface area contributed by atoms with Gasteiger partial charge in [-0.25, -0.2) is 4.39 Å². The van der Waals surface area contributed by atoms with Gasteiger partial charge < -0.3 is 15.1 Å². The first kappa shape index (κ1) is 13.6. The van der Waals surface area contributed by atoms with E-state index in [0.717, 1.165) is 0 Å². The Kier molecular flexibility index (Phi) is 5.06. The molecule has 2 N–H and O–H groups in total. The van der Waals surface area contributed by atoms with Gasteiger partial charge in [-0.1, -0.05) is 12.1 Å². The number of carbonyl (C=O) groups is 1. The highest BCUT2D eigenvalue weighted by atomic mass is 19.1. The van der Waals surface area contributed by atoms with Gasteiger partial charge in [-0.15, -0.1) is 0 Å². The van der Waals surface area contributed by atoms with E-state index in [1.165, 1.54) is 24.3 Å². The molecule has 5 heteroatoms. The summed E-state index contributed by atoms with van der Waals surface area (Å²) in [5, 5.41) is 18.3. The van der Waals surface area contributed by atoms with Crippen LogP contribution in [-0.2, 0) is 4.79 Å². The minimum Gasteiger partial charge on any atom is -0.481 e. The van der Waals surface area contributed by atoms with Gasteiger partial charge in [0.2, 0.25) is 0 Å². The predicted molar refractivity (Wildman–Crippen MR) is 61.1 cm³/mol. The second-order valence-electron chi connectivity index (χ2n) is 3.97. The summed E-state index contributed by atoms with van der Waals surface area (Å²) in [6, 6.07) is 5.61. The highest BCUT2D eigenvalue weighted by molar-refractivity contribution is 5.66. The zero-order valence-electron chi connectivity index (χ0n) is 9.64. The van der Waals surface area contributed by atoms with E-state index < -0.39 is 12.1 Å². The number of carboxylic acid groups (broad SMARTS) is 1. The third-order valence-electron chi connectivity index (χ3n) is 2.45. The summed E-state index contributed by atoms with van der Waals surface area (Å²) in [7, 11) is 1.73. The highest BCUT2D eigenvalue weighted by Crippen LogP contribution is 2.14. The first-order chi connectivity index (χ1) is 7.99. The van der Waals surface area contributed by atoms with Crippen molar-refractivity contribution in [3.05, 3.63) is 35.6 Å². The zero-order valence-corrected chi connectivity index (χ0v) is 9.64. The van der Waals surface area contributed by atoms with Crippen LogP contribution in [-0.4, -0.2) is 41.2 Å². The average Bonchev–Trinajstić information content (AvgIpc) is 2.27. The number of rotatable bonds is 6. The number of halogens is 1. The van der Waals surface area contributed by atoms with Crippen molar-refractivity contribution >= 4 is 5.97 Å². The predicted octanol–water partition coefficient (Wildman–Crippen LogP) is 1.27. The third kappa shape index (κ3) is 4.93. The van der Waals surface area contributed by atoms with Crippen LogP contribution in [0.1, 0.15) is 18.1 Å². The van der Waals surface area contributed by atoms with Crippen LogP contribution in [0.2, 0.25) is 0 Å². The van der Waals surface area contributed by atoms with Crippen LogP contribution in [0.4, 0.5) is 4.39 Å². The second kappa shape index (κ2) is 6.32. The van der Waals surface area contributed by atoms with E-state index in [1.54, 1.807) is 11.9 Å². The van der Waals surface area contributed by atoms with Gasteiger partial charge in [0.05, 0.1) is 12.5 Å². The van der Waals surface area contributed by atoms with Crippen molar-refractivity contribution in [3.63, 3.8) is 0 Å². The molecular formula is C12H16FNO3. The Balaban J connectivity index is 2.45. The van der Waals surface area contributed by atoms with Gasteiger partial charge in [-0.05, 0) is 24.7 Å². The number of aliphatic hydroxyl groups is 1. The lowest BCUT2D eigenvalue weighted by Gasteiger charge is -2.19. The van der Waals surface area contributed by atoms with E-state index in [-0.39, 0.29) is 12.2 Å². The first-order valence-corrected chi connectivity index (χ1v) is 5.33. The molecule has 0 amide bonds. The molecular weight excluding hydrogens is 225 g/mol. The quantitative estimate of drug-likeness (QED) is 0.787. The number of hydrogen-bond acceptors (Lipinski definition) is 3. The molecule has 0 bridgehead atoms. The van der Waals surface area contributed by atoms with E-state index >= 15 is 0 Å². The van der Waals surface area contributed by atoms with Crippen molar-refractivity contribution in [3.8, 4) is 0 Å². The largest absolute Gasteiger partial charge is 0.481 e. The monoisotopic (exact) mass is 241 g/mol. The van der Waals surface area contributed by atoms with Crippen molar-refractivity contribution in [1.29, 1.82) is 0 Å². The summed E-state index contributed by atoms with van der Waals surface area (Å²) in [4.78, 5) is 12.1. The molecule has 1 rings (SSSR count). The lowest BCUT2D eigenvalue weighted by molar-refractivity contribution is -0.137. The molecule has 1 aromatic rings.